The number of ether oxygens (including phenoxy) is 2. The highest BCUT2D eigenvalue weighted by Gasteiger charge is 2.82. The molecule has 6 heteroatoms. The van der Waals surface area contributed by atoms with Crippen LogP contribution >= 0.6 is 0 Å². The molecule has 0 aromatic carbocycles. The molecule has 1 aliphatic heterocycles. The molecule has 0 bridgehead atoms. The summed E-state index contributed by atoms with van der Waals surface area (Å²) in [5.74, 6) is -0.193. The maximum absolute atomic E-state index is 14.5. The van der Waals surface area contributed by atoms with Crippen LogP contribution in [0.1, 0.15) is 92.9 Å². The van der Waals surface area contributed by atoms with Crippen LogP contribution < -0.4 is 0 Å². The largest absolute Gasteiger partial charge is 0.469 e. The van der Waals surface area contributed by atoms with Gasteiger partial charge in [-0.25, -0.2) is 0 Å². The van der Waals surface area contributed by atoms with Gasteiger partial charge in [0, 0.05) is 23.7 Å². The minimum atomic E-state index is -1.33. The van der Waals surface area contributed by atoms with E-state index in [1.54, 1.807) is 0 Å². The molecule has 6 aliphatic rings. The predicted octanol–water partition coefficient (Wildman–Crippen LogP) is 5.28. The Labute approximate surface area is 221 Å². The number of methoxy groups -OCH3 is 1. The fraction of sp³-hybridized carbons (Fsp3) is 0.871. The number of carbonyl (C=O) groups excluding carboxylic acids is 3. The lowest BCUT2D eigenvalue weighted by Crippen LogP contribution is -2.70. The van der Waals surface area contributed by atoms with Crippen molar-refractivity contribution in [2.45, 2.75) is 105 Å². The van der Waals surface area contributed by atoms with E-state index < -0.39 is 22.5 Å². The van der Waals surface area contributed by atoms with Crippen molar-refractivity contribution in [3.05, 3.63) is 0 Å². The molecule has 11 atom stereocenters. The zero-order valence-corrected chi connectivity index (χ0v) is 23.6. The van der Waals surface area contributed by atoms with Gasteiger partial charge in [-0.15, -0.1) is 0 Å². The third-order valence-corrected chi connectivity index (χ3v) is 13.6. The average molecular weight is 510 g/mol. The van der Waals surface area contributed by atoms with E-state index in [2.05, 4.69) is 40.7 Å². The van der Waals surface area contributed by atoms with Crippen molar-refractivity contribution in [1.82, 2.24) is 0 Å². The summed E-state index contributed by atoms with van der Waals surface area (Å²) in [6.45, 7) is 13.4. The van der Waals surface area contributed by atoms with E-state index in [4.69, 9.17) is 9.47 Å². The zero-order valence-electron chi connectivity index (χ0n) is 23.6. The van der Waals surface area contributed by atoms with E-state index in [1.165, 1.54) is 7.11 Å². The highest BCUT2D eigenvalue weighted by Crippen LogP contribution is 2.77. The molecule has 0 spiro atoms. The van der Waals surface area contributed by atoms with Crippen LogP contribution in [0, 0.1) is 68.0 Å². The van der Waals surface area contributed by atoms with Crippen LogP contribution in [0.25, 0.3) is 0 Å². The lowest BCUT2D eigenvalue weighted by atomic mass is 9.31. The lowest BCUT2D eigenvalue weighted by molar-refractivity contribution is -0.231. The second-order valence-electron chi connectivity index (χ2n) is 15.2. The Hall–Kier alpha value is -1.74. The van der Waals surface area contributed by atoms with Crippen molar-refractivity contribution in [2.75, 3.05) is 7.11 Å². The topological polar surface area (TPSA) is 96.8 Å². The number of fused-ring (bicyclic) bond motifs is 9. The second kappa shape index (κ2) is 7.26. The molecule has 5 aliphatic carbocycles. The van der Waals surface area contributed by atoms with Gasteiger partial charge in [0.25, 0.3) is 0 Å². The summed E-state index contributed by atoms with van der Waals surface area (Å²) in [4.78, 5) is 41.0. The number of epoxide rings is 1. The van der Waals surface area contributed by atoms with E-state index in [0.717, 1.165) is 44.9 Å². The SMILES string of the molecule is COC(=O)[C@]12CCC(C)(C)CC1C1C(=O)C[C@@H]3[C@@]4(C)[C@H]5O[C@@]5(C#N)C(=O)[C@@H](C)[C@@H]4CC[C@@]3(C)[C@]1(C)CC2. The number of rotatable bonds is 1. The number of Topliss-reactive ketones (excluding diaryl/α,β-unsaturated/α-hetero) is 2. The Kier molecular flexibility index (Phi) is 5.01. The van der Waals surface area contributed by atoms with Crippen molar-refractivity contribution < 1.29 is 23.9 Å². The molecule has 1 heterocycles. The Morgan fingerprint density at radius 3 is 2.32 bits per heavy atom. The summed E-state index contributed by atoms with van der Waals surface area (Å²) in [5.41, 5.74) is -2.63. The maximum Gasteiger partial charge on any atom is 0.312 e. The molecule has 0 radical (unpaired) electrons. The standard InChI is InChI=1S/C31H43NO5/c1-17-18-8-9-27(4)21(29(18,6)24-31(16-32,37-24)23(17)34)14-20(33)22-19-15-26(2,3)10-12-30(19,25(35)36-7)13-11-28(22,27)5/h17-19,21-22,24H,8-15H2,1-7H3/t17-,18-,19?,21-,22?,24+,27+,28+,29-,30-,31-/m0/s1. The number of carbonyl (C=O) groups is 3. The molecule has 6 nitrogen and oxygen atoms in total. The van der Waals surface area contributed by atoms with Crippen LogP contribution in [0.3, 0.4) is 0 Å². The van der Waals surface area contributed by atoms with Gasteiger partial charge in [0.15, 0.2) is 5.78 Å². The molecule has 0 aromatic heterocycles. The van der Waals surface area contributed by atoms with Crippen molar-refractivity contribution in [3.8, 4) is 6.07 Å². The van der Waals surface area contributed by atoms with E-state index in [1.807, 2.05) is 6.92 Å². The molecule has 5 saturated carbocycles. The van der Waals surface area contributed by atoms with Gasteiger partial charge in [0.05, 0.1) is 12.5 Å². The second-order valence-corrected chi connectivity index (χ2v) is 15.2. The van der Waals surface area contributed by atoms with Crippen LogP contribution in [-0.2, 0) is 23.9 Å². The molecule has 1 saturated heterocycles. The van der Waals surface area contributed by atoms with Gasteiger partial charge >= 0.3 is 5.97 Å². The molecule has 0 N–H and O–H groups in total. The summed E-state index contributed by atoms with van der Waals surface area (Å²) in [6, 6.07) is 2.24. The van der Waals surface area contributed by atoms with Gasteiger partial charge < -0.3 is 9.47 Å². The van der Waals surface area contributed by atoms with Crippen molar-refractivity contribution in [1.29, 1.82) is 5.26 Å². The molecule has 37 heavy (non-hydrogen) atoms. The third-order valence-electron chi connectivity index (χ3n) is 13.6. The summed E-state index contributed by atoms with van der Waals surface area (Å²) >= 11 is 0. The minimum Gasteiger partial charge on any atom is -0.469 e. The van der Waals surface area contributed by atoms with Gasteiger partial charge in [-0.2, -0.15) is 5.26 Å². The lowest BCUT2D eigenvalue weighted by Gasteiger charge is -2.71. The van der Waals surface area contributed by atoms with Gasteiger partial charge in [0.2, 0.25) is 5.60 Å². The van der Waals surface area contributed by atoms with Gasteiger partial charge in [-0.1, -0.05) is 41.5 Å². The highest BCUT2D eigenvalue weighted by molar-refractivity contribution is 5.97. The zero-order chi connectivity index (χ0) is 27.0. The monoisotopic (exact) mass is 509 g/mol. The first-order valence-corrected chi connectivity index (χ1v) is 14.4. The Morgan fingerprint density at radius 2 is 1.68 bits per heavy atom. The summed E-state index contributed by atoms with van der Waals surface area (Å²) in [6.07, 6.45) is 6.10. The van der Waals surface area contributed by atoms with Gasteiger partial charge in [-0.3, -0.25) is 14.4 Å². The molecular weight excluding hydrogens is 466 g/mol. The first kappa shape index (κ1) is 25.5. The van der Waals surface area contributed by atoms with Crippen LogP contribution in [0.2, 0.25) is 0 Å². The fourth-order valence-corrected chi connectivity index (χ4v) is 11.3. The Bertz CT molecular complexity index is 1140. The first-order valence-electron chi connectivity index (χ1n) is 14.4. The molecular formula is C31H43NO5. The number of hydrogen-bond acceptors (Lipinski definition) is 6. The average Bonchev–Trinajstić information content (AvgIpc) is 3.61. The van der Waals surface area contributed by atoms with Crippen molar-refractivity contribution >= 4 is 17.5 Å². The molecule has 0 aromatic rings. The molecule has 6 fully saturated rings. The summed E-state index contributed by atoms with van der Waals surface area (Å²) < 4.78 is 11.5. The van der Waals surface area contributed by atoms with Crippen LogP contribution in [0.5, 0.6) is 0 Å². The number of esters is 1. The first-order chi connectivity index (χ1) is 17.2. The molecule has 202 valence electrons. The number of nitrogens with zero attached hydrogens (tertiary/aromatic N) is 1. The van der Waals surface area contributed by atoms with Gasteiger partial charge in [-0.05, 0) is 78.9 Å². The summed E-state index contributed by atoms with van der Waals surface area (Å²) in [7, 11) is 1.49. The highest BCUT2D eigenvalue weighted by atomic mass is 16.6. The van der Waals surface area contributed by atoms with E-state index in [9.17, 15) is 19.6 Å². The van der Waals surface area contributed by atoms with Crippen molar-refractivity contribution in [2.24, 2.45) is 56.7 Å². The van der Waals surface area contributed by atoms with E-state index in [0.29, 0.717) is 6.42 Å². The molecule has 6 rings (SSSR count). The maximum atomic E-state index is 14.5. The number of nitriles is 1. The minimum absolute atomic E-state index is 0.0134. The molecule has 0 amide bonds. The molecule has 2 unspecified atom stereocenters. The van der Waals surface area contributed by atoms with Gasteiger partial charge in [0.1, 0.15) is 18.0 Å². The predicted molar refractivity (Wildman–Crippen MR) is 136 cm³/mol. The Morgan fingerprint density at radius 1 is 1.00 bits per heavy atom. The van der Waals surface area contributed by atoms with Crippen molar-refractivity contribution in [3.63, 3.8) is 0 Å². The summed E-state index contributed by atoms with van der Waals surface area (Å²) in [5, 5.41) is 10.0. The quantitative estimate of drug-likeness (QED) is 0.352. The van der Waals surface area contributed by atoms with E-state index >= 15 is 0 Å². The van der Waals surface area contributed by atoms with Crippen LogP contribution in [0.4, 0.5) is 0 Å². The fourth-order valence-electron chi connectivity index (χ4n) is 11.3. The van der Waals surface area contributed by atoms with Crippen LogP contribution in [-0.4, -0.2) is 36.4 Å². The number of ketones is 2. The smallest absolute Gasteiger partial charge is 0.312 e. The number of hydrogen-bond donors (Lipinski definition) is 0. The van der Waals surface area contributed by atoms with Crippen LogP contribution in [0.15, 0.2) is 0 Å². The normalized spacial score (nSPS) is 55.4. The van der Waals surface area contributed by atoms with E-state index in [-0.39, 0.29) is 63.4 Å². The third kappa shape index (κ3) is 2.73. The Balaban J connectivity index is 1.46.